The number of nitrogens with two attached hydrogens (primary N) is 1. The van der Waals surface area contributed by atoms with Crippen molar-refractivity contribution in [1.29, 1.82) is 0 Å². The van der Waals surface area contributed by atoms with E-state index in [1.54, 1.807) is 12.1 Å². The largest absolute Gasteiger partial charge is 0.326 e. The Morgan fingerprint density at radius 3 is 2.62 bits per heavy atom. The maximum atomic E-state index is 13.6. The molecule has 0 radical (unpaired) electrons. The smallest absolute Gasteiger partial charge is 0.137 e. The summed E-state index contributed by atoms with van der Waals surface area (Å²) in [7, 11) is 0. The molecule has 1 heterocycles. The minimum Gasteiger partial charge on any atom is -0.326 e. The standard InChI is InChI=1S/C17H18BrFN2/c18-15-7-6-12(8-16(15)19)9-21-10-14(17(20)11-21)13-4-2-1-3-5-13/h1-8,14,17H,9-11,20H2/t14-,17+/m0/s1. The summed E-state index contributed by atoms with van der Waals surface area (Å²) in [4.78, 5) is 2.30. The van der Waals surface area contributed by atoms with Gasteiger partial charge in [0, 0.05) is 31.6 Å². The van der Waals surface area contributed by atoms with E-state index in [-0.39, 0.29) is 11.9 Å². The minimum absolute atomic E-state index is 0.132. The number of rotatable bonds is 3. The molecule has 110 valence electrons. The molecule has 1 saturated heterocycles. The average molecular weight is 349 g/mol. The van der Waals surface area contributed by atoms with Gasteiger partial charge in [-0.15, -0.1) is 0 Å². The van der Waals surface area contributed by atoms with Crippen LogP contribution in [0, 0.1) is 5.82 Å². The van der Waals surface area contributed by atoms with Crippen molar-refractivity contribution in [3.63, 3.8) is 0 Å². The Hall–Kier alpha value is -1.23. The van der Waals surface area contributed by atoms with Crippen molar-refractivity contribution in [1.82, 2.24) is 4.90 Å². The van der Waals surface area contributed by atoms with Gasteiger partial charge in [-0.1, -0.05) is 36.4 Å². The molecule has 2 aromatic rings. The van der Waals surface area contributed by atoms with E-state index >= 15 is 0 Å². The molecular formula is C17H18BrFN2. The summed E-state index contributed by atoms with van der Waals surface area (Å²) in [5.74, 6) is 0.141. The normalized spacial score (nSPS) is 22.6. The van der Waals surface area contributed by atoms with Crippen LogP contribution in [0.1, 0.15) is 17.0 Å². The monoisotopic (exact) mass is 348 g/mol. The van der Waals surface area contributed by atoms with E-state index in [4.69, 9.17) is 5.73 Å². The van der Waals surface area contributed by atoms with Crippen molar-refractivity contribution in [2.45, 2.75) is 18.5 Å². The lowest BCUT2D eigenvalue weighted by Gasteiger charge is -2.16. The van der Waals surface area contributed by atoms with E-state index in [1.807, 2.05) is 12.1 Å². The van der Waals surface area contributed by atoms with Crippen molar-refractivity contribution in [2.24, 2.45) is 5.73 Å². The van der Waals surface area contributed by atoms with Crippen LogP contribution in [0.3, 0.4) is 0 Å². The van der Waals surface area contributed by atoms with E-state index in [2.05, 4.69) is 45.1 Å². The second-order valence-corrected chi connectivity index (χ2v) is 6.48. The van der Waals surface area contributed by atoms with Gasteiger partial charge in [0.2, 0.25) is 0 Å². The fraction of sp³-hybridized carbons (Fsp3) is 0.294. The van der Waals surface area contributed by atoms with Gasteiger partial charge in [0.15, 0.2) is 0 Å². The van der Waals surface area contributed by atoms with Gasteiger partial charge in [-0.2, -0.15) is 0 Å². The first-order valence-corrected chi connectivity index (χ1v) is 7.89. The van der Waals surface area contributed by atoms with Gasteiger partial charge in [-0.3, -0.25) is 4.90 Å². The summed E-state index contributed by atoms with van der Waals surface area (Å²) in [6.07, 6.45) is 0. The van der Waals surface area contributed by atoms with Crippen molar-refractivity contribution in [2.75, 3.05) is 13.1 Å². The molecule has 2 atom stereocenters. The molecule has 1 aliphatic rings. The van der Waals surface area contributed by atoms with Crippen LogP contribution < -0.4 is 5.73 Å². The Morgan fingerprint density at radius 2 is 1.90 bits per heavy atom. The van der Waals surface area contributed by atoms with Gasteiger partial charge >= 0.3 is 0 Å². The molecule has 1 aliphatic heterocycles. The molecule has 0 saturated carbocycles. The third-order valence-electron chi connectivity index (χ3n) is 4.06. The molecule has 1 fully saturated rings. The van der Waals surface area contributed by atoms with Crippen LogP contribution in [0.15, 0.2) is 53.0 Å². The van der Waals surface area contributed by atoms with E-state index in [0.717, 1.165) is 25.2 Å². The van der Waals surface area contributed by atoms with Crippen LogP contribution in [0.2, 0.25) is 0 Å². The maximum Gasteiger partial charge on any atom is 0.137 e. The maximum absolute atomic E-state index is 13.6. The zero-order valence-electron chi connectivity index (χ0n) is 11.7. The van der Waals surface area contributed by atoms with Gasteiger partial charge in [0.1, 0.15) is 5.82 Å². The molecule has 0 aromatic heterocycles. The molecule has 2 aromatic carbocycles. The van der Waals surface area contributed by atoms with Crippen molar-refractivity contribution in [3.05, 3.63) is 69.9 Å². The fourth-order valence-corrected chi connectivity index (χ4v) is 3.24. The molecule has 0 bridgehead atoms. The molecule has 0 spiro atoms. The quantitative estimate of drug-likeness (QED) is 0.919. The average Bonchev–Trinajstić information content (AvgIpc) is 2.84. The lowest BCUT2D eigenvalue weighted by molar-refractivity contribution is 0.323. The van der Waals surface area contributed by atoms with Crippen LogP contribution in [0.25, 0.3) is 0 Å². The van der Waals surface area contributed by atoms with Crippen LogP contribution in [0.4, 0.5) is 4.39 Å². The van der Waals surface area contributed by atoms with Crippen LogP contribution >= 0.6 is 15.9 Å². The summed E-state index contributed by atoms with van der Waals surface area (Å²) >= 11 is 3.18. The number of hydrogen-bond donors (Lipinski definition) is 1. The van der Waals surface area contributed by atoms with Crippen molar-refractivity contribution >= 4 is 15.9 Å². The van der Waals surface area contributed by atoms with Crippen LogP contribution in [0.5, 0.6) is 0 Å². The number of likely N-dealkylation sites (tertiary alicyclic amines) is 1. The van der Waals surface area contributed by atoms with E-state index < -0.39 is 0 Å². The molecule has 3 rings (SSSR count). The van der Waals surface area contributed by atoms with E-state index in [1.165, 1.54) is 5.56 Å². The third-order valence-corrected chi connectivity index (χ3v) is 4.70. The summed E-state index contributed by atoms with van der Waals surface area (Å²) in [6.45, 7) is 2.50. The predicted molar refractivity (Wildman–Crippen MR) is 86.5 cm³/mol. The first kappa shape index (κ1) is 14.7. The molecule has 4 heteroatoms. The minimum atomic E-state index is -0.212. The lowest BCUT2D eigenvalue weighted by Crippen LogP contribution is -2.28. The highest BCUT2D eigenvalue weighted by atomic mass is 79.9. The zero-order chi connectivity index (χ0) is 14.8. The SMILES string of the molecule is N[C@@H]1CN(Cc2ccc(Br)c(F)c2)C[C@H]1c1ccccc1. The van der Waals surface area contributed by atoms with Gasteiger partial charge in [0.25, 0.3) is 0 Å². The molecular weight excluding hydrogens is 331 g/mol. The first-order valence-electron chi connectivity index (χ1n) is 7.10. The molecule has 0 unspecified atom stereocenters. The summed E-state index contributed by atoms with van der Waals surface area (Å²) < 4.78 is 14.1. The third kappa shape index (κ3) is 3.34. The van der Waals surface area contributed by atoms with E-state index in [0.29, 0.717) is 10.4 Å². The van der Waals surface area contributed by atoms with Gasteiger partial charge in [0.05, 0.1) is 4.47 Å². The summed E-state index contributed by atoms with van der Waals surface area (Å²) in [5.41, 5.74) is 8.56. The fourth-order valence-electron chi connectivity index (χ4n) is 2.99. The Morgan fingerprint density at radius 1 is 1.14 bits per heavy atom. The topological polar surface area (TPSA) is 29.3 Å². The molecule has 21 heavy (non-hydrogen) atoms. The second-order valence-electron chi connectivity index (χ2n) is 5.62. The highest BCUT2D eigenvalue weighted by Crippen LogP contribution is 2.27. The Kier molecular flexibility index (Phi) is 4.38. The van der Waals surface area contributed by atoms with Crippen LogP contribution in [-0.2, 0) is 6.54 Å². The molecule has 0 amide bonds. The highest BCUT2D eigenvalue weighted by molar-refractivity contribution is 9.10. The van der Waals surface area contributed by atoms with E-state index in [9.17, 15) is 4.39 Å². The van der Waals surface area contributed by atoms with Gasteiger partial charge in [-0.25, -0.2) is 4.39 Å². The number of benzene rings is 2. The number of halogens is 2. The van der Waals surface area contributed by atoms with Gasteiger partial charge < -0.3 is 5.73 Å². The first-order chi connectivity index (χ1) is 10.1. The van der Waals surface area contributed by atoms with Gasteiger partial charge in [-0.05, 0) is 39.2 Å². The zero-order valence-corrected chi connectivity index (χ0v) is 13.3. The Balaban J connectivity index is 1.70. The molecule has 2 nitrogen and oxygen atoms in total. The second kappa shape index (κ2) is 6.26. The predicted octanol–water partition coefficient (Wildman–Crippen LogP) is 3.51. The summed E-state index contributed by atoms with van der Waals surface area (Å²) in [6, 6.07) is 15.8. The highest BCUT2D eigenvalue weighted by Gasteiger charge is 2.30. The Bertz CT molecular complexity index is 617. The Labute approximate surface area is 132 Å². The lowest BCUT2D eigenvalue weighted by atomic mass is 9.95. The number of nitrogens with zero attached hydrogens (tertiary/aromatic N) is 1. The molecule has 0 aliphatic carbocycles. The summed E-state index contributed by atoms with van der Waals surface area (Å²) in [5, 5.41) is 0. The molecule has 2 N–H and O–H groups in total. The van der Waals surface area contributed by atoms with Crippen molar-refractivity contribution in [3.8, 4) is 0 Å². The number of hydrogen-bond acceptors (Lipinski definition) is 2. The van der Waals surface area contributed by atoms with Crippen LogP contribution in [-0.4, -0.2) is 24.0 Å². The van der Waals surface area contributed by atoms with Crippen molar-refractivity contribution < 1.29 is 4.39 Å².